The van der Waals surface area contributed by atoms with E-state index in [4.69, 9.17) is 0 Å². The Kier molecular flexibility index (Phi) is 4.48. The summed E-state index contributed by atoms with van der Waals surface area (Å²) in [6.45, 7) is 2.28. The summed E-state index contributed by atoms with van der Waals surface area (Å²) in [6.07, 6.45) is -0.265. The van der Waals surface area contributed by atoms with Crippen molar-refractivity contribution in [2.24, 2.45) is 0 Å². The third-order valence-electron chi connectivity index (χ3n) is 3.87. The highest BCUT2D eigenvalue weighted by Gasteiger charge is 2.50. The van der Waals surface area contributed by atoms with Crippen molar-refractivity contribution in [1.29, 1.82) is 0 Å². The molecule has 4 nitrogen and oxygen atoms in total. The molecule has 1 aliphatic rings. The molecule has 1 aromatic carbocycles. The van der Waals surface area contributed by atoms with Gasteiger partial charge in [-0.05, 0) is 53.2 Å². The number of benzene rings is 1. The number of thiophene rings is 1. The maximum Gasteiger partial charge on any atom is 0.264 e. The number of fused-ring (bicyclic) bond motifs is 1. The standard InChI is InChI=1S/C16H13Br2NO3S/c1-2-19-11-4-3-9(17)7-10(11)16(22,15(19)21)8-12(20)13-5-6-14(18)23-13/h3-7,22H,2,8H2,1H3/t16-/m1/s1. The van der Waals surface area contributed by atoms with Crippen molar-refractivity contribution in [3.63, 3.8) is 0 Å². The normalized spacial score (nSPS) is 20.0. The molecule has 0 radical (unpaired) electrons. The minimum Gasteiger partial charge on any atom is -0.375 e. The largest absolute Gasteiger partial charge is 0.375 e. The highest BCUT2D eigenvalue weighted by atomic mass is 79.9. The van der Waals surface area contributed by atoms with Crippen LogP contribution in [0.2, 0.25) is 0 Å². The fraction of sp³-hybridized carbons (Fsp3) is 0.250. The first-order valence-corrected chi connectivity index (χ1v) is 9.40. The van der Waals surface area contributed by atoms with Crippen LogP contribution in [0.4, 0.5) is 5.69 Å². The van der Waals surface area contributed by atoms with E-state index >= 15 is 0 Å². The van der Waals surface area contributed by atoms with Gasteiger partial charge in [-0.25, -0.2) is 0 Å². The van der Waals surface area contributed by atoms with Crippen molar-refractivity contribution in [2.75, 3.05) is 11.4 Å². The predicted octanol–water partition coefficient (Wildman–Crippen LogP) is 4.10. The van der Waals surface area contributed by atoms with Gasteiger partial charge in [0.1, 0.15) is 0 Å². The Bertz CT molecular complexity index is 804. The number of nitrogens with zero attached hydrogens (tertiary/aromatic N) is 1. The number of likely N-dealkylation sites (N-methyl/N-ethyl adjacent to an activating group) is 1. The van der Waals surface area contributed by atoms with Gasteiger partial charge in [0.2, 0.25) is 0 Å². The third-order valence-corrected chi connectivity index (χ3v) is 6.03. The maximum absolute atomic E-state index is 12.7. The molecule has 1 aliphatic heterocycles. The van der Waals surface area contributed by atoms with Crippen LogP contribution in [0.3, 0.4) is 0 Å². The summed E-state index contributed by atoms with van der Waals surface area (Å²) in [4.78, 5) is 27.2. The number of carbonyl (C=O) groups is 2. The van der Waals surface area contributed by atoms with E-state index in [-0.39, 0.29) is 12.2 Å². The molecule has 0 bridgehead atoms. The van der Waals surface area contributed by atoms with E-state index in [9.17, 15) is 14.7 Å². The molecule has 0 saturated carbocycles. The number of hydrogen-bond donors (Lipinski definition) is 1. The summed E-state index contributed by atoms with van der Waals surface area (Å²) in [5, 5.41) is 11.0. The molecule has 0 spiro atoms. The second-order valence-corrected chi connectivity index (χ2v) is 8.65. The van der Waals surface area contributed by atoms with Crippen molar-refractivity contribution in [3.05, 3.63) is 49.0 Å². The van der Waals surface area contributed by atoms with Crippen LogP contribution in [0.1, 0.15) is 28.6 Å². The van der Waals surface area contributed by atoms with E-state index in [1.54, 1.807) is 24.3 Å². The van der Waals surface area contributed by atoms with Gasteiger partial charge >= 0.3 is 0 Å². The Morgan fingerprint density at radius 3 is 2.65 bits per heavy atom. The van der Waals surface area contributed by atoms with E-state index in [1.807, 2.05) is 13.0 Å². The highest BCUT2D eigenvalue weighted by Crippen LogP contribution is 2.44. The Labute approximate surface area is 154 Å². The smallest absolute Gasteiger partial charge is 0.264 e. The number of halogens is 2. The van der Waals surface area contributed by atoms with Gasteiger partial charge in [-0.3, -0.25) is 9.59 Å². The Morgan fingerprint density at radius 2 is 2.04 bits per heavy atom. The van der Waals surface area contributed by atoms with Crippen LogP contribution in [-0.2, 0) is 10.4 Å². The van der Waals surface area contributed by atoms with Gasteiger partial charge in [-0.1, -0.05) is 15.9 Å². The summed E-state index contributed by atoms with van der Waals surface area (Å²) in [7, 11) is 0. The van der Waals surface area contributed by atoms with E-state index in [0.717, 1.165) is 8.26 Å². The first-order valence-electron chi connectivity index (χ1n) is 6.99. The summed E-state index contributed by atoms with van der Waals surface area (Å²) in [5.74, 6) is -0.697. The number of amides is 1. The molecule has 0 aliphatic carbocycles. The van der Waals surface area contributed by atoms with E-state index in [1.165, 1.54) is 16.2 Å². The Morgan fingerprint density at radius 1 is 1.30 bits per heavy atom. The van der Waals surface area contributed by atoms with Crippen LogP contribution in [0.5, 0.6) is 0 Å². The molecule has 2 aromatic rings. The van der Waals surface area contributed by atoms with E-state index in [2.05, 4.69) is 31.9 Å². The molecular formula is C16H13Br2NO3S. The number of ketones is 1. The predicted molar refractivity (Wildman–Crippen MR) is 97.0 cm³/mol. The average molecular weight is 459 g/mol. The summed E-state index contributed by atoms with van der Waals surface area (Å²) in [5.41, 5.74) is -0.686. The number of carbonyl (C=O) groups excluding carboxylic acids is 2. The molecule has 0 unspecified atom stereocenters. The number of rotatable bonds is 4. The van der Waals surface area contributed by atoms with Gasteiger partial charge in [0.25, 0.3) is 5.91 Å². The third kappa shape index (κ3) is 2.80. The van der Waals surface area contributed by atoms with Crippen molar-refractivity contribution in [3.8, 4) is 0 Å². The first-order chi connectivity index (χ1) is 10.9. The molecular weight excluding hydrogens is 446 g/mol. The highest BCUT2D eigenvalue weighted by molar-refractivity contribution is 9.11. The molecule has 1 aromatic heterocycles. The number of hydrogen-bond acceptors (Lipinski definition) is 4. The van der Waals surface area contributed by atoms with Crippen molar-refractivity contribution in [2.45, 2.75) is 18.9 Å². The van der Waals surface area contributed by atoms with Crippen molar-refractivity contribution in [1.82, 2.24) is 0 Å². The second-order valence-electron chi connectivity index (χ2n) is 5.27. The molecule has 7 heteroatoms. The molecule has 120 valence electrons. The lowest BCUT2D eigenvalue weighted by atomic mass is 9.89. The van der Waals surface area contributed by atoms with E-state index in [0.29, 0.717) is 22.7 Å². The van der Waals surface area contributed by atoms with Gasteiger partial charge in [-0.2, -0.15) is 0 Å². The maximum atomic E-state index is 12.7. The van der Waals surface area contributed by atoms with Crippen LogP contribution < -0.4 is 4.90 Å². The topological polar surface area (TPSA) is 57.6 Å². The molecule has 2 heterocycles. The number of anilines is 1. The monoisotopic (exact) mass is 457 g/mol. The second kappa shape index (κ2) is 6.12. The zero-order valence-corrected chi connectivity index (χ0v) is 16.2. The zero-order chi connectivity index (χ0) is 16.8. The van der Waals surface area contributed by atoms with Gasteiger partial charge in [-0.15, -0.1) is 11.3 Å². The zero-order valence-electron chi connectivity index (χ0n) is 12.2. The molecule has 0 saturated heterocycles. The lowest BCUT2D eigenvalue weighted by Crippen LogP contribution is -2.41. The molecule has 3 rings (SSSR count). The first kappa shape index (κ1) is 16.8. The fourth-order valence-corrected chi connectivity index (χ4v) is 4.48. The molecule has 0 fully saturated rings. The van der Waals surface area contributed by atoms with Gasteiger partial charge in [0.05, 0.1) is 20.8 Å². The lowest BCUT2D eigenvalue weighted by molar-refractivity contribution is -0.135. The van der Waals surface area contributed by atoms with Crippen LogP contribution in [-0.4, -0.2) is 23.3 Å². The molecule has 1 N–H and O–H groups in total. The van der Waals surface area contributed by atoms with Gasteiger partial charge in [0.15, 0.2) is 11.4 Å². The quantitative estimate of drug-likeness (QED) is 0.701. The van der Waals surface area contributed by atoms with Crippen molar-refractivity contribution < 1.29 is 14.7 Å². The molecule has 23 heavy (non-hydrogen) atoms. The average Bonchev–Trinajstić information content (AvgIpc) is 3.02. The summed E-state index contributed by atoms with van der Waals surface area (Å²) < 4.78 is 1.59. The Balaban J connectivity index is 2.02. The summed E-state index contributed by atoms with van der Waals surface area (Å²) in [6, 6.07) is 8.78. The minimum atomic E-state index is -1.82. The van der Waals surface area contributed by atoms with Gasteiger partial charge in [0, 0.05) is 16.6 Å². The number of Topliss-reactive ketones (excluding diaryl/α,β-unsaturated/α-hetero) is 1. The van der Waals surface area contributed by atoms with Crippen LogP contribution in [0.25, 0.3) is 0 Å². The SMILES string of the molecule is CCN1C(=O)[C@@](O)(CC(=O)c2ccc(Br)s2)c2cc(Br)ccc21. The van der Waals surface area contributed by atoms with Crippen LogP contribution in [0.15, 0.2) is 38.6 Å². The molecule has 1 atom stereocenters. The van der Waals surface area contributed by atoms with Gasteiger partial charge < -0.3 is 10.0 Å². The Hall–Kier alpha value is -1.02. The minimum absolute atomic E-state index is 0.250. The number of aliphatic hydroxyl groups is 1. The van der Waals surface area contributed by atoms with Crippen molar-refractivity contribution >= 4 is 60.6 Å². The molecule has 1 amide bonds. The van der Waals surface area contributed by atoms with Crippen LogP contribution in [0, 0.1) is 0 Å². The fourth-order valence-electron chi connectivity index (χ4n) is 2.79. The summed E-state index contributed by atoms with van der Waals surface area (Å²) >= 11 is 7.97. The lowest BCUT2D eigenvalue weighted by Gasteiger charge is -2.21. The van der Waals surface area contributed by atoms with Crippen LogP contribution >= 0.6 is 43.2 Å². The van der Waals surface area contributed by atoms with E-state index < -0.39 is 11.5 Å².